The molecule has 1 aliphatic carbocycles. The van der Waals surface area contributed by atoms with Crippen LogP contribution < -0.4 is 5.43 Å². The Morgan fingerprint density at radius 1 is 1.03 bits per heavy atom. The van der Waals surface area contributed by atoms with Gasteiger partial charge in [0.2, 0.25) is 0 Å². The van der Waals surface area contributed by atoms with Gasteiger partial charge in [-0.1, -0.05) is 42.6 Å². The standard InChI is InChI=1S/C30H27ClN2O2/c1-2-15-33(19-22-3-4-22)20-27-17-29(34)28-16-21(6-14-30(28)35-27)5-12-26-13-9-24(18-32-26)23-7-10-25(31)11-8-23/h6-11,13-14,16-18,22H,2-4,15,19-20H2,1H3. The monoisotopic (exact) mass is 482 g/mol. The molecule has 0 N–H and O–H groups in total. The summed E-state index contributed by atoms with van der Waals surface area (Å²) in [6.07, 6.45) is 5.52. The smallest absolute Gasteiger partial charge is 0.193 e. The molecule has 1 fully saturated rings. The van der Waals surface area contributed by atoms with Crippen LogP contribution in [0.15, 0.2) is 76.1 Å². The first-order valence-corrected chi connectivity index (χ1v) is 12.5. The molecule has 0 saturated heterocycles. The van der Waals surface area contributed by atoms with Crippen molar-refractivity contribution in [1.29, 1.82) is 0 Å². The highest BCUT2D eigenvalue weighted by Crippen LogP contribution is 2.30. The van der Waals surface area contributed by atoms with E-state index in [9.17, 15) is 4.79 Å². The lowest BCUT2D eigenvalue weighted by Crippen LogP contribution is -2.26. The highest BCUT2D eigenvalue weighted by molar-refractivity contribution is 6.30. The number of nitrogens with zero attached hydrogens (tertiary/aromatic N) is 2. The number of hydrogen-bond acceptors (Lipinski definition) is 4. The van der Waals surface area contributed by atoms with E-state index in [1.54, 1.807) is 18.3 Å². The van der Waals surface area contributed by atoms with Crippen LogP contribution in [-0.2, 0) is 6.54 Å². The van der Waals surface area contributed by atoms with E-state index in [1.807, 2.05) is 48.5 Å². The quantitative estimate of drug-likeness (QED) is 0.281. The summed E-state index contributed by atoms with van der Waals surface area (Å²) in [7, 11) is 0. The van der Waals surface area contributed by atoms with Gasteiger partial charge in [0.15, 0.2) is 5.43 Å². The fourth-order valence-corrected chi connectivity index (χ4v) is 4.34. The van der Waals surface area contributed by atoms with Crippen LogP contribution in [0.1, 0.15) is 43.2 Å². The molecule has 2 aromatic heterocycles. The molecule has 0 spiro atoms. The second kappa shape index (κ2) is 10.5. The van der Waals surface area contributed by atoms with Crippen LogP contribution in [0.3, 0.4) is 0 Å². The molecule has 0 radical (unpaired) electrons. The highest BCUT2D eigenvalue weighted by atomic mass is 35.5. The Hall–Kier alpha value is -3.39. The van der Waals surface area contributed by atoms with Gasteiger partial charge in [0, 0.05) is 35.0 Å². The van der Waals surface area contributed by atoms with E-state index in [1.165, 1.54) is 12.8 Å². The SMILES string of the molecule is CCCN(Cc1cc(=O)c2cc(C#Cc3ccc(-c4ccc(Cl)cc4)cn3)ccc2o1)CC1CC1. The maximum atomic E-state index is 12.8. The van der Waals surface area contributed by atoms with Crippen molar-refractivity contribution in [2.24, 2.45) is 5.92 Å². The third kappa shape index (κ3) is 6.00. The predicted octanol–water partition coefficient (Wildman–Crippen LogP) is 6.53. The second-order valence-electron chi connectivity index (χ2n) is 9.16. The summed E-state index contributed by atoms with van der Waals surface area (Å²) in [5.41, 5.74) is 4.04. The number of rotatable bonds is 7. The van der Waals surface area contributed by atoms with Crippen LogP contribution in [0, 0.1) is 17.8 Å². The summed E-state index contributed by atoms with van der Waals surface area (Å²) in [6, 6.07) is 18.7. The minimum Gasteiger partial charge on any atom is -0.459 e. The van der Waals surface area contributed by atoms with Gasteiger partial charge in [-0.15, -0.1) is 0 Å². The van der Waals surface area contributed by atoms with Crippen molar-refractivity contribution in [3.63, 3.8) is 0 Å². The molecule has 5 heteroatoms. The summed E-state index contributed by atoms with van der Waals surface area (Å²) in [4.78, 5) is 19.7. The Morgan fingerprint density at radius 3 is 2.54 bits per heavy atom. The normalized spacial score (nSPS) is 13.1. The molecule has 4 nitrogen and oxygen atoms in total. The van der Waals surface area contributed by atoms with E-state index in [0.717, 1.165) is 47.9 Å². The lowest BCUT2D eigenvalue weighted by Gasteiger charge is -2.20. The first-order valence-electron chi connectivity index (χ1n) is 12.1. The van der Waals surface area contributed by atoms with Gasteiger partial charge in [-0.3, -0.25) is 9.69 Å². The van der Waals surface area contributed by atoms with Crippen molar-refractivity contribution >= 4 is 22.6 Å². The van der Waals surface area contributed by atoms with Gasteiger partial charge >= 0.3 is 0 Å². The van der Waals surface area contributed by atoms with Crippen molar-refractivity contribution in [3.05, 3.63) is 99.1 Å². The van der Waals surface area contributed by atoms with Crippen molar-refractivity contribution in [2.45, 2.75) is 32.7 Å². The van der Waals surface area contributed by atoms with Gasteiger partial charge in [-0.2, -0.15) is 0 Å². The van der Waals surface area contributed by atoms with Crippen molar-refractivity contribution in [3.8, 4) is 23.0 Å². The second-order valence-corrected chi connectivity index (χ2v) is 9.59. The van der Waals surface area contributed by atoms with Crippen molar-refractivity contribution < 1.29 is 4.42 Å². The van der Waals surface area contributed by atoms with E-state index in [2.05, 4.69) is 28.6 Å². The van der Waals surface area contributed by atoms with Gasteiger partial charge in [0.25, 0.3) is 0 Å². The van der Waals surface area contributed by atoms with Crippen molar-refractivity contribution in [2.75, 3.05) is 13.1 Å². The number of halogens is 1. The minimum atomic E-state index is -0.0294. The van der Waals surface area contributed by atoms with Gasteiger partial charge in [0.05, 0.1) is 11.9 Å². The number of pyridine rings is 1. The van der Waals surface area contributed by atoms with E-state index in [0.29, 0.717) is 28.2 Å². The van der Waals surface area contributed by atoms with Crippen molar-refractivity contribution in [1.82, 2.24) is 9.88 Å². The molecule has 0 aliphatic heterocycles. The zero-order valence-electron chi connectivity index (χ0n) is 19.8. The molecule has 1 aliphatic rings. The molecule has 176 valence electrons. The molecule has 0 amide bonds. The highest BCUT2D eigenvalue weighted by Gasteiger charge is 2.24. The Balaban J connectivity index is 1.33. The minimum absolute atomic E-state index is 0.0294. The van der Waals surface area contributed by atoms with Gasteiger partial charge in [-0.05, 0) is 79.6 Å². The maximum absolute atomic E-state index is 12.8. The molecule has 4 aromatic rings. The lowest BCUT2D eigenvalue weighted by atomic mass is 10.1. The van der Waals surface area contributed by atoms with E-state index < -0.39 is 0 Å². The van der Waals surface area contributed by atoms with E-state index in [-0.39, 0.29) is 5.43 Å². The Bertz CT molecular complexity index is 1440. The van der Waals surface area contributed by atoms with Crippen LogP contribution in [0.2, 0.25) is 5.02 Å². The molecule has 0 atom stereocenters. The fraction of sp³-hybridized carbons (Fsp3) is 0.267. The zero-order chi connectivity index (χ0) is 24.2. The third-order valence-corrected chi connectivity index (χ3v) is 6.44. The molecule has 0 bridgehead atoms. The molecular weight excluding hydrogens is 456 g/mol. The average molecular weight is 483 g/mol. The summed E-state index contributed by atoms with van der Waals surface area (Å²) in [5, 5.41) is 1.26. The Morgan fingerprint density at radius 2 is 1.83 bits per heavy atom. The summed E-state index contributed by atoms with van der Waals surface area (Å²) in [5.74, 6) is 7.73. The number of hydrogen-bond donors (Lipinski definition) is 0. The first kappa shape index (κ1) is 23.4. The predicted molar refractivity (Wildman–Crippen MR) is 141 cm³/mol. The average Bonchev–Trinajstić information content (AvgIpc) is 3.68. The van der Waals surface area contributed by atoms with Crippen LogP contribution in [0.25, 0.3) is 22.1 Å². The van der Waals surface area contributed by atoms with Crippen LogP contribution >= 0.6 is 11.6 Å². The maximum Gasteiger partial charge on any atom is 0.193 e. The molecule has 1 saturated carbocycles. The van der Waals surface area contributed by atoms with Crippen LogP contribution in [-0.4, -0.2) is 23.0 Å². The molecule has 0 unspecified atom stereocenters. The molecule has 2 heterocycles. The topological polar surface area (TPSA) is 46.3 Å². The first-order chi connectivity index (χ1) is 17.1. The van der Waals surface area contributed by atoms with Crippen LogP contribution in [0.4, 0.5) is 0 Å². The third-order valence-electron chi connectivity index (χ3n) is 6.19. The molecule has 5 rings (SSSR count). The van der Waals surface area contributed by atoms with E-state index >= 15 is 0 Å². The molecule has 2 aromatic carbocycles. The zero-order valence-corrected chi connectivity index (χ0v) is 20.5. The van der Waals surface area contributed by atoms with Gasteiger partial charge < -0.3 is 4.42 Å². The van der Waals surface area contributed by atoms with Crippen LogP contribution in [0.5, 0.6) is 0 Å². The largest absolute Gasteiger partial charge is 0.459 e. The number of fused-ring (bicyclic) bond motifs is 1. The van der Waals surface area contributed by atoms with E-state index in [4.69, 9.17) is 16.0 Å². The summed E-state index contributed by atoms with van der Waals surface area (Å²) >= 11 is 5.97. The Kier molecular flexibility index (Phi) is 6.99. The summed E-state index contributed by atoms with van der Waals surface area (Å²) < 4.78 is 6.09. The fourth-order valence-electron chi connectivity index (χ4n) is 4.22. The molecule has 35 heavy (non-hydrogen) atoms. The van der Waals surface area contributed by atoms with Gasteiger partial charge in [-0.25, -0.2) is 4.98 Å². The molecular formula is C30H27ClN2O2. The van der Waals surface area contributed by atoms with Gasteiger partial charge in [0.1, 0.15) is 17.0 Å². The lowest BCUT2D eigenvalue weighted by molar-refractivity contribution is 0.235. The Labute approximate surface area is 210 Å². The number of benzene rings is 2. The number of aromatic nitrogens is 1. The summed E-state index contributed by atoms with van der Waals surface area (Å²) in [6.45, 7) is 4.96.